The number of ether oxygens (including phenoxy) is 1. The van der Waals surface area contributed by atoms with E-state index in [0.717, 1.165) is 43.4 Å². The Morgan fingerprint density at radius 1 is 1.32 bits per heavy atom. The Balaban J connectivity index is 1.43. The third-order valence-electron chi connectivity index (χ3n) is 4.40. The van der Waals surface area contributed by atoms with Crippen molar-refractivity contribution in [3.8, 4) is 0 Å². The minimum atomic E-state index is 0.0386. The molecule has 25 heavy (non-hydrogen) atoms. The molecule has 0 saturated carbocycles. The zero-order chi connectivity index (χ0) is 17.5. The number of hydrogen-bond donors (Lipinski definition) is 1. The fourth-order valence-corrected chi connectivity index (χ4v) is 3.75. The first-order chi connectivity index (χ1) is 12.2. The maximum absolute atomic E-state index is 12.2. The minimum Gasteiger partial charge on any atom is -0.379 e. The molecule has 134 valence electrons. The van der Waals surface area contributed by atoms with E-state index in [1.165, 1.54) is 5.56 Å². The van der Waals surface area contributed by atoms with Gasteiger partial charge in [-0.05, 0) is 12.5 Å². The van der Waals surface area contributed by atoms with Gasteiger partial charge in [-0.25, -0.2) is 4.98 Å². The Kier molecular flexibility index (Phi) is 6.55. The zero-order valence-corrected chi connectivity index (χ0v) is 15.4. The monoisotopic (exact) mass is 359 g/mol. The first-order valence-corrected chi connectivity index (χ1v) is 9.64. The molecule has 0 aliphatic carbocycles. The van der Waals surface area contributed by atoms with E-state index in [-0.39, 0.29) is 5.91 Å². The van der Waals surface area contributed by atoms with E-state index >= 15 is 0 Å². The summed E-state index contributed by atoms with van der Waals surface area (Å²) in [6.45, 7) is 6.24. The summed E-state index contributed by atoms with van der Waals surface area (Å²) in [6, 6.07) is 10.6. The van der Waals surface area contributed by atoms with E-state index in [1.807, 2.05) is 23.6 Å². The van der Waals surface area contributed by atoms with Gasteiger partial charge < -0.3 is 10.1 Å². The number of hydrogen-bond acceptors (Lipinski definition) is 5. The van der Waals surface area contributed by atoms with Gasteiger partial charge in [0.15, 0.2) is 0 Å². The van der Waals surface area contributed by atoms with Crippen molar-refractivity contribution in [2.24, 2.45) is 0 Å². The standard InChI is InChI=1S/C19H25N3O2S/c1-15(22-7-9-24-10-8-22)13-20-18(23)12-17-14-25-19(21-17)11-16-5-3-2-4-6-16/h2-6,14-15H,7-13H2,1H3,(H,20,23). The lowest BCUT2D eigenvalue weighted by Crippen LogP contribution is -2.47. The molecule has 2 heterocycles. The summed E-state index contributed by atoms with van der Waals surface area (Å²) in [4.78, 5) is 19.1. The van der Waals surface area contributed by atoms with Crippen LogP contribution in [0.4, 0.5) is 0 Å². The number of nitrogens with one attached hydrogen (secondary N) is 1. The first-order valence-electron chi connectivity index (χ1n) is 8.76. The Morgan fingerprint density at radius 2 is 2.08 bits per heavy atom. The van der Waals surface area contributed by atoms with Crippen LogP contribution < -0.4 is 5.32 Å². The van der Waals surface area contributed by atoms with Crippen molar-refractivity contribution in [1.82, 2.24) is 15.2 Å². The third kappa shape index (κ3) is 5.63. The highest BCUT2D eigenvalue weighted by Crippen LogP contribution is 2.15. The van der Waals surface area contributed by atoms with Crippen LogP contribution >= 0.6 is 11.3 Å². The second-order valence-corrected chi connectivity index (χ2v) is 7.32. The number of nitrogens with zero attached hydrogens (tertiary/aromatic N) is 2. The van der Waals surface area contributed by atoms with Crippen LogP contribution in [0.1, 0.15) is 23.2 Å². The van der Waals surface area contributed by atoms with Gasteiger partial charge in [0.25, 0.3) is 0 Å². The van der Waals surface area contributed by atoms with Crippen molar-refractivity contribution >= 4 is 17.2 Å². The summed E-state index contributed by atoms with van der Waals surface area (Å²) in [5.74, 6) is 0.0386. The van der Waals surface area contributed by atoms with Crippen LogP contribution in [-0.2, 0) is 22.4 Å². The SMILES string of the molecule is CC(CNC(=O)Cc1csc(Cc2ccccc2)n1)N1CCOCC1. The molecule has 1 aromatic carbocycles. The van der Waals surface area contributed by atoms with Gasteiger partial charge in [0.1, 0.15) is 0 Å². The molecule has 1 aliphatic rings. The maximum atomic E-state index is 12.2. The van der Waals surface area contributed by atoms with Crippen molar-refractivity contribution in [3.63, 3.8) is 0 Å². The van der Waals surface area contributed by atoms with E-state index in [0.29, 0.717) is 19.0 Å². The van der Waals surface area contributed by atoms with Crippen LogP contribution in [0.2, 0.25) is 0 Å². The fraction of sp³-hybridized carbons (Fsp3) is 0.474. The summed E-state index contributed by atoms with van der Waals surface area (Å²) < 4.78 is 5.36. The molecule has 1 saturated heterocycles. The van der Waals surface area contributed by atoms with Gasteiger partial charge in [-0.15, -0.1) is 11.3 Å². The molecule has 1 amide bonds. The average Bonchev–Trinajstić information content (AvgIpc) is 3.08. The topological polar surface area (TPSA) is 54.5 Å². The molecule has 1 aromatic heterocycles. The van der Waals surface area contributed by atoms with Crippen molar-refractivity contribution in [2.75, 3.05) is 32.8 Å². The van der Waals surface area contributed by atoms with Crippen LogP contribution in [0.15, 0.2) is 35.7 Å². The fourth-order valence-electron chi connectivity index (χ4n) is 2.92. The predicted molar refractivity (Wildman–Crippen MR) is 99.9 cm³/mol. The Labute approximate surface area is 153 Å². The minimum absolute atomic E-state index is 0.0386. The summed E-state index contributed by atoms with van der Waals surface area (Å²) in [5, 5.41) is 6.07. The normalized spacial score (nSPS) is 16.5. The smallest absolute Gasteiger partial charge is 0.226 e. The van der Waals surface area contributed by atoms with Crippen LogP contribution in [0.3, 0.4) is 0 Å². The molecule has 1 aliphatic heterocycles. The number of carbonyl (C=O) groups is 1. The van der Waals surface area contributed by atoms with E-state index in [1.54, 1.807) is 11.3 Å². The molecule has 1 fully saturated rings. The molecule has 1 N–H and O–H groups in total. The van der Waals surface area contributed by atoms with E-state index in [9.17, 15) is 4.79 Å². The van der Waals surface area contributed by atoms with E-state index in [2.05, 4.69) is 34.3 Å². The molecule has 1 atom stereocenters. The highest BCUT2D eigenvalue weighted by Gasteiger charge is 2.17. The number of carbonyl (C=O) groups excluding carboxylic acids is 1. The summed E-state index contributed by atoms with van der Waals surface area (Å²) in [6.07, 6.45) is 1.17. The second kappa shape index (κ2) is 9.08. The zero-order valence-electron chi connectivity index (χ0n) is 14.6. The summed E-state index contributed by atoms with van der Waals surface area (Å²) in [5.41, 5.74) is 2.10. The molecule has 6 heteroatoms. The van der Waals surface area contributed by atoms with Crippen molar-refractivity contribution in [2.45, 2.75) is 25.8 Å². The van der Waals surface area contributed by atoms with Crippen molar-refractivity contribution < 1.29 is 9.53 Å². The lowest BCUT2D eigenvalue weighted by Gasteiger charge is -2.32. The average molecular weight is 359 g/mol. The largest absolute Gasteiger partial charge is 0.379 e. The first kappa shape index (κ1) is 18.0. The molecular weight excluding hydrogens is 334 g/mol. The third-order valence-corrected chi connectivity index (χ3v) is 5.30. The van der Waals surface area contributed by atoms with Gasteiger partial charge in [0.2, 0.25) is 5.91 Å². The number of morpholine rings is 1. The second-order valence-electron chi connectivity index (χ2n) is 6.37. The Morgan fingerprint density at radius 3 is 2.84 bits per heavy atom. The maximum Gasteiger partial charge on any atom is 0.226 e. The molecule has 0 spiro atoms. The summed E-state index contributed by atoms with van der Waals surface area (Å²) in [7, 11) is 0. The molecule has 0 bridgehead atoms. The number of aromatic nitrogens is 1. The quantitative estimate of drug-likeness (QED) is 0.823. The Bertz CT molecular complexity index is 668. The van der Waals surface area contributed by atoms with Gasteiger partial charge in [-0.1, -0.05) is 30.3 Å². The van der Waals surface area contributed by atoms with E-state index in [4.69, 9.17) is 4.74 Å². The number of benzene rings is 1. The summed E-state index contributed by atoms with van der Waals surface area (Å²) >= 11 is 1.62. The highest BCUT2D eigenvalue weighted by molar-refractivity contribution is 7.09. The molecule has 1 unspecified atom stereocenters. The molecule has 2 aromatic rings. The Hall–Kier alpha value is -1.76. The highest BCUT2D eigenvalue weighted by atomic mass is 32.1. The lowest BCUT2D eigenvalue weighted by molar-refractivity contribution is -0.120. The molecule has 3 rings (SSSR count). The van der Waals surface area contributed by atoms with Gasteiger partial charge >= 0.3 is 0 Å². The molecule has 0 radical (unpaired) electrons. The van der Waals surface area contributed by atoms with Crippen molar-refractivity contribution in [1.29, 1.82) is 0 Å². The van der Waals surface area contributed by atoms with Crippen molar-refractivity contribution in [3.05, 3.63) is 52.0 Å². The van der Waals surface area contributed by atoms with Crippen LogP contribution in [0.25, 0.3) is 0 Å². The van der Waals surface area contributed by atoms with Crippen LogP contribution in [0, 0.1) is 0 Å². The lowest BCUT2D eigenvalue weighted by atomic mass is 10.2. The van der Waals surface area contributed by atoms with E-state index < -0.39 is 0 Å². The number of rotatable bonds is 7. The molecule has 5 nitrogen and oxygen atoms in total. The van der Waals surface area contributed by atoms with Crippen LogP contribution in [-0.4, -0.2) is 54.7 Å². The number of thiazole rings is 1. The van der Waals surface area contributed by atoms with Gasteiger partial charge in [0.05, 0.1) is 30.3 Å². The van der Waals surface area contributed by atoms with Crippen LogP contribution in [0.5, 0.6) is 0 Å². The van der Waals surface area contributed by atoms with Gasteiger partial charge in [-0.2, -0.15) is 0 Å². The molecular formula is C19H25N3O2S. The van der Waals surface area contributed by atoms with Gasteiger partial charge in [0, 0.05) is 37.5 Å². The predicted octanol–water partition coefficient (Wildman–Crippen LogP) is 2.11. The number of amides is 1. The van der Waals surface area contributed by atoms with Gasteiger partial charge in [-0.3, -0.25) is 9.69 Å².